The summed E-state index contributed by atoms with van der Waals surface area (Å²) in [6.45, 7) is 9.18. The number of piperidine rings is 1. The molecule has 0 unspecified atom stereocenters. The molecule has 2 saturated carbocycles. The molecule has 7 nitrogen and oxygen atoms in total. The average molecular weight is 606 g/mol. The van der Waals surface area contributed by atoms with Crippen molar-refractivity contribution in [1.29, 1.82) is 0 Å². The summed E-state index contributed by atoms with van der Waals surface area (Å²) in [7, 11) is 0. The normalized spacial score (nSPS) is 17.4. The minimum Gasteiger partial charge on any atom is -0.492 e. The molecule has 3 fully saturated rings. The fraction of sp³-hybridized carbons (Fsp3) is 0.576. The molecule has 0 amide bonds. The number of rotatable bonds is 11. The number of anilines is 1. The van der Waals surface area contributed by atoms with Gasteiger partial charge in [-0.25, -0.2) is 22.8 Å². The fourth-order valence-electron chi connectivity index (χ4n) is 5.25. The molecule has 0 bridgehead atoms. The number of hydrogen-bond acceptors (Lipinski definition) is 7. The molecule has 43 heavy (non-hydrogen) atoms. The molecule has 0 radical (unpaired) electrons. The second-order valence-corrected chi connectivity index (χ2v) is 11.0. The Morgan fingerprint density at radius 3 is 1.67 bits per heavy atom. The zero-order valence-electron chi connectivity index (χ0n) is 25.5. The summed E-state index contributed by atoms with van der Waals surface area (Å²) >= 11 is 0. The summed E-state index contributed by atoms with van der Waals surface area (Å²) in [5, 5.41) is 0. The van der Waals surface area contributed by atoms with Gasteiger partial charge in [-0.3, -0.25) is 0 Å². The van der Waals surface area contributed by atoms with E-state index in [4.69, 9.17) is 18.9 Å². The van der Waals surface area contributed by atoms with Crippen molar-refractivity contribution in [2.45, 2.75) is 84.0 Å². The SMILES string of the molecule is CCOC(=O)c1cc(OCC)c(F)cc1C1CC1.CCOC(=O)c1cc(OCC)c(N2CCC(F)(F)CC2)cc1C1CC1. The number of alkyl halides is 2. The van der Waals surface area contributed by atoms with Gasteiger partial charge in [0.05, 0.1) is 43.2 Å². The average Bonchev–Trinajstić information content (AvgIpc) is 3.89. The summed E-state index contributed by atoms with van der Waals surface area (Å²) in [6, 6.07) is 6.56. The van der Waals surface area contributed by atoms with E-state index in [1.54, 1.807) is 26.8 Å². The zero-order valence-corrected chi connectivity index (χ0v) is 25.5. The lowest BCUT2D eigenvalue weighted by Gasteiger charge is -2.34. The Morgan fingerprint density at radius 2 is 1.21 bits per heavy atom. The Hall–Kier alpha value is -3.43. The number of ether oxygens (including phenoxy) is 4. The van der Waals surface area contributed by atoms with Crippen LogP contribution in [0.4, 0.5) is 18.9 Å². The first kappa shape index (κ1) is 32.5. The highest BCUT2D eigenvalue weighted by atomic mass is 19.3. The van der Waals surface area contributed by atoms with Crippen LogP contribution in [0.1, 0.15) is 110 Å². The molecule has 1 heterocycles. The molecule has 3 aliphatic rings. The maximum Gasteiger partial charge on any atom is 0.338 e. The van der Waals surface area contributed by atoms with Gasteiger partial charge < -0.3 is 23.8 Å². The van der Waals surface area contributed by atoms with E-state index in [0.29, 0.717) is 49.2 Å². The van der Waals surface area contributed by atoms with Crippen molar-refractivity contribution in [1.82, 2.24) is 0 Å². The van der Waals surface area contributed by atoms with Crippen molar-refractivity contribution < 1.29 is 41.7 Å². The van der Waals surface area contributed by atoms with Crippen LogP contribution in [0.3, 0.4) is 0 Å². The summed E-state index contributed by atoms with van der Waals surface area (Å²) < 4.78 is 61.9. The van der Waals surface area contributed by atoms with Gasteiger partial charge in [0.15, 0.2) is 11.6 Å². The molecule has 0 aromatic heterocycles. The number of benzene rings is 2. The van der Waals surface area contributed by atoms with Crippen molar-refractivity contribution in [3.8, 4) is 11.5 Å². The number of carbonyl (C=O) groups excluding carboxylic acids is 2. The topological polar surface area (TPSA) is 74.3 Å². The van der Waals surface area contributed by atoms with Gasteiger partial charge in [-0.2, -0.15) is 0 Å². The molecule has 2 aromatic carbocycles. The quantitative estimate of drug-likeness (QED) is 0.244. The molecule has 2 aromatic rings. The third-order valence-corrected chi connectivity index (χ3v) is 7.70. The minimum atomic E-state index is -2.59. The number of carbonyl (C=O) groups is 2. The molecule has 236 valence electrons. The van der Waals surface area contributed by atoms with E-state index in [1.165, 1.54) is 12.1 Å². The predicted molar refractivity (Wildman–Crippen MR) is 157 cm³/mol. The van der Waals surface area contributed by atoms with Crippen molar-refractivity contribution in [3.63, 3.8) is 0 Å². The van der Waals surface area contributed by atoms with Crippen LogP contribution in [0, 0.1) is 5.82 Å². The third-order valence-electron chi connectivity index (χ3n) is 7.70. The molecule has 0 N–H and O–H groups in total. The van der Waals surface area contributed by atoms with Gasteiger partial charge in [-0.15, -0.1) is 0 Å². The summed E-state index contributed by atoms with van der Waals surface area (Å²) in [5.41, 5.74) is 3.49. The third kappa shape index (κ3) is 8.36. The van der Waals surface area contributed by atoms with Gasteiger partial charge in [0.1, 0.15) is 5.75 Å². The summed E-state index contributed by atoms with van der Waals surface area (Å²) in [5.74, 6) is -2.43. The van der Waals surface area contributed by atoms with Crippen molar-refractivity contribution in [2.24, 2.45) is 0 Å². The van der Waals surface area contributed by atoms with E-state index in [1.807, 2.05) is 17.9 Å². The molecule has 5 rings (SSSR count). The van der Waals surface area contributed by atoms with Gasteiger partial charge in [-0.05, 0) is 101 Å². The smallest absolute Gasteiger partial charge is 0.338 e. The standard InChI is InChI=1S/C19H25F2NO3.C14H17FO3/c1-3-24-17-12-15(18(23)25-4-2)14(13-5-6-13)11-16(17)22-9-7-19(20,21)8-10-22;1-3-17-13-8-11(14(16)18-4-2)10(7-12(13)15)9-5-6-9/h11-13H,3-10H2,1-2H3;7-9H,3-6H2,1-2H3. The van der Waals surface area contributed by atoms with E-state index in [2.05, 4.69) is 0 Å². The second-order valence-electron chi connectivity index (χ2n) is 11.0. The van der Waals surface area contributed by atoms with Crippen LogP contribution in [-0.4, -0.2) is 57.4 Å². The van der Waals surface area contributed by atoms with Crippen LogP contribution < -0.4 is 14.4 Å². The highest BCUT2D eigenvalue weighted by Gasteiger charge is 2.36. The largest absolute Gasteiger partial charge is 0.492 e. The van der Waals surface area contributed by atoms with E-state index in [9.17, 15) is 22.8 Å². The van der Waals surface area contributed by atoms with E-state index >= 15 is 0 Å². The van der Waals surface area contributed by atoms with Crippen LogP contribution in [0.25, 0.3) is 0 Å². The van der Waals surface area contributed by atoms with Crippen LogP contribution >= 0.6 is 0 Å². The van der Waals surface area contributed by atoms with Crippen LogP contribution in [0.2, 0.25) is 0 Å². The Balaban J connectivity index is 0.000000208. The molecular formula is C33H42F3NO6. The first-order valence-corrected chi connectivity index (χ1v) is 15.4. The van der Waals surface area contributed by atoms with Crippen molar-refractivity contribution in [2.75, 3.05) is 44.4 Å². The first-order valence-electron chi connectivity index (χ1n) is 15.4. The lowest BCUT2D eigenvalue weighted by molar-refractivity contribution is -0.0221. The monoisotopic (exact) mass is 605 g/mol. The maximum atomic E-state index is 13.8. The highest BCUT2D eigenvalue weighted by Crippen LogP contribution is 2.46. The molecule has 0 atom stereocenters. The predicted octanol–water partition coefficient (Wildman–Crippen LogP) is 7.65. The Kier molecular flexibility index (Phi) is 10.8. The van der Waals surface area contributed by atoms with Crippen molar-refractivity contribution in [3.05, 3.63) is 52.3 Å². The molecular weight excluding hydrogens is 563 g/mol. The van der Waals surface area contributed by atoms with Gasteiger partial charge in [0, 0.05) is 25.9 Å². The number of halogens is 3. The summed E-state index contributed by atoms with van der Waals surface area (Å²) in [4.78, 5) is 26.1. The number of nitrogens with zero attached hydrogens (tertiary/aromatic N) is 1. The summed E-state index contributed by atoms with van der Waals surface area (Å²) in [6.07, 6.45) is 3.77. The van der Waals surface area contributed by atoms with Crippen LogP contribution in [0.15, 0.2) is 24.3 Å². The zero-order chi connectivity index (χ0) is 31.1. The first-order chi connectivity index (χ1) is 20.6. The molecule has 0 spiro atoms. The number of hydrogen-bond donors (Lipinski definition) is 0. The van der Waals surface area contributed by atoms with Gasteiger partial charge >= 0.3 is 11.9 Å². The maximum absolute atomic E-state index is 13.8. The van der Waals surface area contributed by atoms with Crippen molar-refractivity contribution >= 4 is 17.6 Å². The molecule has 2 aliphatic carbocycles. The highest BCUT2D eigenvalue weighted by molar-refractivity contribution is 5.93. The minimum absolute atomic E-state index is 0.116. The van der Waals surface area contributed by atoms with E-state index < -0.39 is 17.7 Å². The molecule has 1 aliphatic heterocycles. The Morgan fingerprint density at radius 1 is 0.744 bits per heavy atom. The van der Waals surface area contributed by atoms with Crippen LogP contribution in [0.5, 0.6) is 11.5 Å². The van der Waals surface area contributed by atoms with E-state index in [-0.39, 0.29) is 43.6 Å². The number of esters is 2. The Bertz CT molecular complexity index is 1280. The van der Waals surface area contributed by atoms with Gasteiger partial charge in [0.2, 0.25) is 0 Å². The lowest BCUT2D eigenvalue weighted by Crippen LogP contribution is -2.39. The molecule has 10 heteroatoms. The Labute approximate surface area is 251 Å². The lowest BCUT2D eigenvalue weighted by atomic mass is 9.99. The molecule has 1 saturated heterocycles. The van der Waals surface area contributed by atoms with E-state index in [0.717, 1.165) is 42.5 Å². The second kappa shape index (κ2) is 14.4. The van der Waals surface area contributed by atoms with Crippen LogP contribution in [-0.2, 0) is 9.47 Å². The fourth-order valence-corrected chi connectivity index (χ4v) is 5.25. The van der Waals surface area contributed by atoms with Gasteiger partial charge in [0.25, 0.3) is 5.92 Å². The van der Waals surface area contributed by atoms with Gasteiger partial charge in [-0.1, -0.05) is 0 Å².